The molecule has 1 heterocycles. The van der Waals surface area contributed by atoms with Gasteiger partial charge in [0.25, 0.3) is 0 Å². The summed E-state index contributed by atoms with van der Waals surface area (Å²) < 4.78 is 0. The molecule has 0 aliphatic carbocycles. The first-order valence-electron chi connectivity index (χ1n) is 6.16. The van der Waals surface area contributed by atoms with Gasteiger partial charge in [-0.15, -0.1) is 0 Å². The lowest BCUT2D eigenvalue weighted by Gasteiger charge is -2.09. The van der Waals surface area contributed by atoms with Gasteiger partial charge < -0.3 is 5.32 Å². The fourth-order valence-corrected chi connectivity index (χ4v) is 1.73. The van der Waals surface area contributed by atoms with E-state index in [2.05, 4.69) is 21.6 Å². The van der Waals surface area contributed by atoms with Gasteiger partial charge in [0.05, 0.1) is 23.9 Å². The molecule has 5 heteroatoms. The summed E-state index contributed by atoms with van der Waals surface area (Å²) in [5.41, 5.74) is 2.30. The molecule has 100 valence electrons. The highest BCUT2D eigenvalue weighted by Crippen LogP contribution is 2.09. The maximum atomic E-state index is 11.8. The molecule has 0 bridgehead atoms. The summed E-state index contributed by atoms with van der Waals surface area (Å²) in [5, 5.41) is 18.2. The Morgan fingerprint density at radius 2 is 2.40 bits per heavy atom. The monoisotopic (exact) mass is 266 g/mol. The van der Waals surface area contributed by atoms with E-state index in [0.717, 1.165) is 11.1 Å². The van der Waals surface area contributed by atoms with E-state index < -0.39 is 0 Å². The van der Waals surface area contributed by atoms with Crippen LogP contribution in [0.3, 0.4) is 0 Å². The Morgan fingerprint density at radius 3 is 3.10 bits per heavy atom. The molecular weight excluding hydrogens is 252 g/mol. The molecule has 1 aromatic heterocycles. The first-order valence-corrected chi connectivity index (χ1v) is 6.16. The van der Waals surface area contributed by atoms with Crippen molar-refractivity contribution in [1.82, 2.24) is 15.5 Å². The smallest absolute Gasteiger partial charge is 0.244 e. The summed E-state index contributed by atoms with van der Waals surface area (Å²) in [6.45, 7) is 1.88. The Balaban J connectivity index is 1.97. The molecule has 1 aromatic carbocycles. The molecule has 0 saturated carbocycles. The number of rotatable bonds is 4. The Kier molecular flexibility index (Phi) is 4.30. The van der Waals surface area contributed by atoms with Crippen LogP contribution in [-0.4, -0.2) is 16.1 Å². The van der Waals surface area contributed by atoms with Crippen LogP contribution in [0.5, 0.6) is 0 Å². The number of hydrogen-bond donors (Lipinski definition) is 2. The van der Waals surface area contributed by atoms with Crippen molar-refractivity contribution in [3.8, 4) is 6.07 Å². The molecule has 1 amide bonds. The Hall–Kier alpha value is -2.87. The van der Waals surface area contributed by atoms with E-state index in [1.807, 2.05) is 13.0 Å². The van der Waals surface area contributed by atoms with Crippen LogP contribution in [0.2, 0.25) is 0 Å². The molecule has 5 nitrogen and oxygen atoms in total. The minimum atomic E-state index is -0.193. The second-order valence-electron chi connectivity index (χ2n) is 4.33. The number of aromatic nitrogens is 2. The summed E-state index contributed by atoms with van der Waals surface area (Å²) in [6, 6.07) is 9.01. The number of benzene rings is 1. The predicted octanol–water partition coefficient (Wildman–Crippen LogP) is 2.17. The topological polar surface area (TPSA) is 81.6 Å². The van der Waals surface area contributed by atoms with Crippen LogP contribution >= 0.6 is 0 Å². The van der Waals surface area contributed by atoms with Crippen LogP contribution in [0.15, 0.2) is 42.7 Å². The van der Waals surface area contributed by atoms with Gasteiger partial charge in [0, 0.05) is 17.8 Å². The average Bonchev–Trinajstić information content (AvgIpc) is 2.99. The fraction of sp³-hybridized carbons (Fsp3) is 0.133. The van der Waals surface area contributed by atoms with Crippen LogP contribution in [0.25, 0.3) is 6.08 Å². The third kappa shape index (κ3) is 3.56. The zero-order valence-electron chi connectivity index (χ0n) is 11.0. The molecule has 20 heavy (non-hydrogen) atoms. The Bertz CT molecular complexity index is 653. The number of aromatic amines is 1. The van der Waals surface area contributed by atoms with E-state index in [-0.39, 0.29) is 11.9 Å². The number of nitriles is 1. The van der Waals surface area contributed by atoms with E-state index in [9.17, 15) is 4.79 Å². The van der Waals surface area contributed by atoms with Crippen molar-refractivity contribution >= 4 is 12.0 Å². The molecule has 1 atom stereocenters. The van der Waals surface area contributed by atoms with Crippen LogP contribution in [0, 0.1) is 11.3 Å². The highest BCUT2D eigenvalue weighted by Gasteiger charge is 2.07. The predicted molar refractivity (Wildman–Crippen MR) is 75.3 cm³/mol. The summed E-state index contributed by atoms with van der Waals surface area (Å²) >= 11 is 0. The Morgan fingerprint density at radius 1 is 1.55 bits per heavy atom. The maximum Gasteiger partial charge on any atom is 0.244 e. The molecule has 2 rings (SSSR count). The average molecular weight is 266 g/mol. The van der Waals surface area contributed by atoms with E-state index in [1.165, 1.54) is 6.08 Å². The number of H-pyrrole nitrogens is 1. The van der Waals surface area contributed by atoms with Gasteiger partial charge in [0.15, 0.2) is 0 Å². The molecular formula is C15H14N4O. The number of amides is 1. The first kappa shape index (κ1) is 13.6. The van der Waals surface area contributed by atoms with Crippen LogP contribution in [-0.2, 0) is 4.79 Å². The summed E-state index contributed by atoms with van der Waals surface area (Å²) in [7, 11) is 0. The summed E-state index contributed by atoms with van der Waals surface area (Å²) in [6.07, 6.45) is 6.54. The number of nitrogens with one attached hydrogen (secondary N) is 2. The SMILES string of the molecule is CC(NC(=O)/C=C/c1cccc(C#N)c1)c1cn[nH]c1. The van der Waals surface area contributed by atoms with Gasteiger partial charge in [0.2, 0.25) is 5.91 Å². The maximum absolute atomic E-state index is 11.8. The lowest BCUT2D eigenvalue weighted by molar-refractivity contribution is -0.117. The number of nitrogens with zero attached hydrogens (tertiary/aromatic N) is 2. The third-order valence-corrected chi connectivity index (χ3v) is 2.82. The van der Waals surface area contributed by atoms with Crippen molar-refractivity contribution in [1.29, 1.82) is 5.26 Å². The lowest BCUT2D eigenvalue weighted by atomic mass is 10.1. The molecule has 1 unspecified atom stereocenters. The van der Waals surface area contributed by atoms with Crippen molar-refractivity contribution in [2.75, 3.05) is 0 Å². The second-order valence-corrected chi connectivity index (χ2v) is 4.33. The highest BCUT2D eigenvalue weighted by molar-refractivity contribution is 5.92. The minimum absolute atomic E-state index is 0.114. The molecule has 0 aliphatic rings. The van der Waals surface area contributed by atoms with Crippen LogP contribution < -0.4 is 5.32 Å². The molecule has 2 aromatic rings. The van der Waals surface area contributed by atoms with Gasteiger partial charge in [-0.3, -0.25) is 9.89 Å². The van der Waals surface area contributed by atoms with Crippen molar-refractivity contribution in [2.24, 2.45) is 0 Å². The van der Waals surface area contributed by atoms with E-state index >= 15 is 0 Å². The minimum Gasteiger partial charge on any atom is -0.346 e. The lowest BCUT2D eigenvalue weighted by Crippen LogP contribution is -2.24. The normalized spacial score (nSPS) is 12.0. The molecule has 0 saturated heterocycles. The standard InChI is InChI=1S/C15H14N4O/c1-11(14-9-17-18-10-14)19-15(20)6-5-12-3-2-4-13(7-12)8-16/h2-7,9-11H,1H3,(H,17,18)(H,19,20)/b6-5+. The van der Waals surface area contributed by atoms with E-state index in [4.69, 9.17) is 5.26 Å². The van der Waals surface area contributed by atoms with Gasteiger partial charge in [-0.25, -0.2) is 0 Å². The zero-order valence-corrected chi connectivity index (χ0v) is 11.0. The number of hydrogen-bond acceptors (Lipinski definition) is 3. The number of carbonyl (C=O) groups is 1. The van der Waals surface area contributed by atoms with Crippen molar-refractivity contribution in [2.45, 2.75) is 13.0 Å². The van der Waals surface area contributed by atoms with Crippen molar-refractivity contribution < 1.29 is 4.79 Å². The molecule has 0 fully saturated rings. The fourth-order valence-electron chi connectivity index (χ4n) is 1.73. The third-order valence-electron chi connectivity index (χ3n) is 2.82. The van der Waals surface area contributed by atoms with Crippen LogP contribution in [0.4, 0.5) is 0 Å². The Labute approximate surface area is 116 Å². The van der Waals surface area contributed by atoms with Crippen LogP contribution in [0.1, 0.15) is 29.7 Å². The van der Waals surface area contributed by atoms with Gasteiger partial charge >= 0.3 is 0 Å². The number of carbonyl (C=O) groups excluding carboxylic acids is 1. The van der Waals surface area contributed by atoms with Gasteiger partial charge in [-0.2, -0.15) is 10.4 Å². The molecule has 0 radical (unpaired) electrons. The quantitative estimate of drug-likeness (QED) is 0.832. The highest BCUT2D eigenvalue weighted by atomic mass is 16.1. The largest absolute Gasteiger partial charge is 0.346 e. The van der Waals surface area contributed by atoms with Crippen molar-refractivity contribution in [3.05, 3.63) is 59.4 Å². The van der Waals surface area contributed by atoms with E-state index in [0.29, 0.717) is 5.56 Å². The van der Waals surface area contributed by atoms with E-state index in [1.54, 1.807) is 36.7 Å². The second kappa shape index (κ2) is 6.34. The van der Waals surface area contributed by atoms with Gasteiger partial charge in [-0.05, 0) is 30.7 Å². The first-order chi connectivity index (χ1) is 9.69. The summed E-state index contributed by atoms with van der Waals surface area (Å²) in [5.74, 6) is -0.193. The molecule has 0 aliphatic heterocycles. The van der Waals surface area contributed by atoms with Gasteiger partial charge in [-0.1, -0.05) is 12.1 Å². The molecule has 0 spiro atoms. The van der Waals surface area contributed by atoms with Gasteiger partial charge in [0.1, 0.15) is 0 Å². The molecule has 2 N–H and O–H groups in total. The zero-order chi connectivity index (χ0) is 14.4. The van der Waals surface area contributed by atoms with Crippen molar-refractivity contribution in [3.63, 3.8) is 0 Å². The summed E-state index contributed by atoms with van der Waals surface area (Å²) in [4.78, 5) is 11.8.